The fraction of sp³-hybridized carbons (Fsp3) is 0.333. The van der Waals surface area contributed by atoms with Crippen LogP contribution in [0.25, 0.3) is 5.70 Å². The van der Waals surface area contributed by atoms with Gasteiger partial charge < -0.3 is 15.2 Å². The smallest absolute Gasteiger partial charge is 0.358 e. The van der Waals surface area contributed by atoms with Crippen LogP contribution in [0.3, 0.4) is 0 Å². The second-order valence-corrected chi connectivity index (χ2v) is 9.10. The predicted molar refractivity (Wildman–Crippen MR) is 151 cm³/mol. The number of allylic oxidation sites excluding steroid dienone is 3. The normalized spacial score (nSPS) is 12.2. The molecule has 0 spiro atoms. The van der Waals surface area contributed by atoms with E-state index in [1.807, 2.05) is 39.1 Å². The van der Waals surface area contributed by atoms with E-state index >= 15 is 0 Å². The first-order valence-corrected chi connectivity index (χ1v) is 12.6. The number of rotatable bonds is 12. The molecule has 2 rings (SSSR count). The monoisotopic (exact) mass is 525 g/mol. The molecule has 0 bridgehead atoms. The van der Waals surface area contributed by atoms with Gasteiger partial charge in [-0.3, -0.25) is 4.98 Å². The highest BCUT2D eigenvalue weighted by molar-refractivity contribution is 5.99. The molecular formula is C30H38F3N5. The number of halogens is 3. The van der Waals surface area contributed by atoms with Crippen LogP contribution >= 0.6 is 0 Å². The number of hydrogen-bond acceptors (Lipinski definition) is 3. The number of aromatic nitrogens is 2. The zero-order chi connectivity index (χ0) is 28.5. The van der Waals surface area contributed by atoms with Crippen molar-refractivity contribution < 1.29 is 13.2 Å². The maximum absolute atomic E-state index is 13.1. The van der Waals surface area contributed by atoms with Crippen molar-refractivity contribution in [3.05, 3.63) is 108 Å². The highest BCUT2D eigenvalue weighted by Gasteiger charge is 2.32. The molecule has 2 N–H and O–H groups in total. The Morgan fingerprint density at radius 1 is 1.21 bits per heavy atom. The molecule has 8 heteroatoms. The van der Waals surface area contributed by atoms with E-state index in [1.54, 1.807) is 6.08 Å². The van der Waals surface area contributed by atoms with Gasteiger partial charge >= 0.3 is 6.18 Å². The molecule has 204 valence electrons. The van der Waals surface area contributed by atoms with E-state index in [4.69, 9.17) is 4.99 Å². The predicted octanol–water partition coefficient (Wildman–Crippen LogP) is 7.79. The maximum atomic E-state index is 13.1. The molecule has 0 saturated carbocycles. The maximum Gasteiger partial charge on any atom is 0.433 e. The molecule has 0 saturated heterocycles. The summed E-state index contributed by atoms with van der Waals surface area (Å²) in [7, 11) is 0. The number of nitrogens with zero attached hydrogens (tertiary/aromatic N) is 3. The number of nitrogens with one attached hydrogen (secondary N) is 2. The third kappa shape index (κ3) is 8.10. The Kier molecular flexibility index (Phi) is 10.9. The Balaban J connectivity index is 2.44. The topological polar surface area (TPSA) is 56.3 Å². The first-order valence-electron chi connectivity index (χ1n) is 12.6. The van der Waals surface area contributed by atoms with Crippen LogP contribution in [-0.2, 0) is 6.18 Å². The van der Waals surface area contributed by atoms with Crippen molar-refractivity contribution in [2.24, 2.45) is 4.99 Å². The minimum atomic E-state index is -4.54. The third-order valence-corrected chi connectivity index (χ3v) is 5.95. The van der Waals surface area contributed by atoms with Crippen molar-refractivity contribution >= 4 is 11.5 Å². The molecule has 0 fully saturated rings. The van der Waals surface area contributed by atoms with Crippen LogP contribution < -0.4 is 5.32 Å². The van der Waals surface area contributed by atoms with E-state index in [0.29, 0.717) is 11.4 Å². The van der Waals surface area contributed by atoms with Crippen molar-refractivity contribution in [3.8, 4) is 0 Å². The van der Waals surface area contributed by atoms with Crippen LogP contribution in [0, 0.1) is 6.92 Å². The summed E-state index contributed by atoms with van der Waals surface area (Å²) in [6.45, 7) is 23.9. The van der Waals surface area contributed by atoms with Crippen molar-refractivity contribution in [2.75, 3.05) is 13.1 Å². The molecule has 2 aromatic rings. The lowest BCUT2D eigenvalue weighted by molar-refractivity contribution is -0.141. The number of aryl methyl sites for hydroxylation is 1. The van der Waals surface area contributed by atoms with Crippen LogP contribution in [0.1, 0.15) is 63.1 Å². The molecule has 2 heterocycles. The van der Waals surface area contributed by atoms with Gasteiger partial charge in [-0.05, 0) is 70.0 Å². The molecule has 5 nitrogen and oxygen atoms in total. The molecular weight excluding hydrogens is 487 g/mol. The lowest BCUT2D eigenvalue weighted by Gasteiger charge is -2.25. The van der Waals surface area contributed by atoms with Crippen molar-refractivity contribution in [3.63, 3.8) is 0 Å². The van der Waals surface area contributed by atoms with Gasteiger partial charge in [-0.1, -0.05) is 38.7 Å². The Bertz CT molecular complexity index is 1240. The molecule has 0 atom stereocenters. The van der Waals surface area contributed by atoms with Crippen LogP contribution in [0.2, 0.25) is 0 Å². The highest BCUT2D eigenvalue weighted by Crippen LogP contribution is 2.29. The van der Waals surface area contributed by atoms with Gasteiger partial charge in [0.25, 0.3) is 0 Å². The number of alkyl halides is 3. The van der Waals surface area contributed by atoms with E-state index in [9.17, 15) is 13.2 Å². The van der Waals surface area contributed by atoms with Gasteiger partial charge in [0.05, 0.1) is 11.4 Å². The second kappa shape index (κ2) is 13.7. The molecule has 2 aromatic heterocycles. The van der Waals surface area contributed by atoms with Crippen LogP contribution in [0.4, 0.5) is 13.2 Å². The molecule has 0 unspecified atom stereocenters. The lowest BCUT2D eigenvalue weighted by atomic mass is 10.1. The number of unbranched alkanes of at least 4 members (excludes halogenated alkanes) is 1. The Hall–Kier alpha value is -3.81. The molecule has 0 amide bonds. The first-order chi connectivity index (χ1) is 17.9. The number of pyridine rings is 1. The quantitative estimate of drug-likeness (QED) is 0.169. The van der Waals surface area contributed by atoms with Crippen LogP contribution in [0.5, 0.6) is 0 Å². The molecule has 0 aromatic carbocycles. The number of aromatic amines is 1. The standard InChI is InChI=1S/C30H38F3N5/c1-9-12-17-38(11-3)29(28-21(6)13-15-35-28)37-23(8)26(20(4)5)19-25(10-2)36-22(7)24-14-16-34-27(18-24)30(31,32)33/h10,13-16,18-19,35-36H,2,7-9,11-12,17H2,1,3-6H3/b25-19+,37-29?. The van der Waals surface area contributed by atoms with E-state index in [-0.39, 0.29) is 11.3 Å². The molecule has 0 radical (unpaired) electrons. The van der Waals surface area contributed by atoms with E-state index in [1.165, 1.54) is 6.07 Å². The van der Waals surface area contributed by atoms with Crippen LogP contribution in [-0.4, -0.2) is 33.8 Å². The van der Waals surface area contributed by atoms with Gasteiger partial charge in [-0.15, -0.1) is 0 Å². The second-order valence-electron chi connectivity index (χ2n) is 9.10. The first kappa shape index (κ1) is 30.4. The van der Waals surface area contributed by atoms with E-state index < -0.39 is 11.9 Å². The van der Waals surface area contributed by atoms with Crippen molar-refractivity contribution in [1.29, 1.82) is 0 Å². The zero-order valence-corrected chi connectivity index (χ0v) is 23.0. The van der Waals surface area contributed by atoms with Crippen molar-refractivity contribution in [1.82, 2.24) is 20.2 Å². The van der Waals surface area contributed by atoms with Gasteiger partial charge in [0.1, 0.15) is 5.69 Å². The zero-order valence-electron chi connectivity index (χ0n) is 23.0. The number of hydrogen-bond donors (Lipinski definition) is 2. The Morgan fingerprint density at radius 2 is 1.92 bits per heavy atom. The fourth-order valence-corrected chi connectivity index (χ4v) is 3.76. The van der Waals surface area contributed by atoms with Crippen molar-refractivity contribution in [2.45, 2.75) is 53.6 Å². The summed E-state index contributed by atoms with van der Waals surface area (Å²) >= 11 is 0. The molecule has 0 aliphatic carbocycles. The SMILES string of the molecule is C=C/C(=C\C(C(=C)N=C(c1[nH]ccc1C)N(CC)CCCC)=C(C)C)NC(=C)c1ccnc(C(F)(F)F)c1. The Labute approximate surface area is 224 Å². The average molecular weight is 526 g/mol. The fourth-order valence-electron chi connectivity index (χ4n) is 3.76. The molecule has 0 aliphatic rings. The van der Waals surface area contributed by atoms with Gasteiger partial charge in [0.15, 0.2) is 5.84 Å². The van der Waals surface area contributed by atoms with Gasteiger partial charge in [-0.2, -0.15) is 13.2 Å². The summed E-state index contributed by atoms with van der Waals surface area (Å²) < 4.78 is 39.4. The minimum Gasteiger partial charge on any atom is -0.358 e. The summed E-state index contributed by atoms with van der Waals surface area (Å²) in [5.74, 6) is 0.814. The van der Waals surface area contributed by atoms with Gasteiger partial charge in [0.2, 0.25) is 0 Å². The number of aliphatic imine (C=N–C) groups is 1. The third-order valence-electron chi connectivity index (χ3n) is 5.95. The Morgan fingerprint density at radius 3 is 2.45 bits per heavy atom. The molecule has 0 aliphatic heterocycles. The summed E-state index contributed by atoms with van der Waals surface area (Å²) in [4.78, 5) is 13.9. The average Bonchev–Trinajstić information content (AvgIpc) is 3.30. The van der Waals surface area contributed by atoms with Crippen LogP contribution in [0.15, 0.2) is 90.0 Å². The molecule has 38 heavy (non-hydrogen) atoms. The van der Waals surface area contributed by atoms with Gasteiger partial charge in [0, 0.05) is 48.0 Å². The largest absolute Gasteiger partial charge is 0.433 e. The van der Waals surface area contributed by atoms with E-state index in [0.717, 1.165) is 66.4 Å². The highest BCUT2D eigenvalue weighted by atomic mass is 19.4. The summed E-state index contributed by atoms with van der Waals surface area (Å²) in [6.07, 6.45) is 3.97. The lowest BCUT2D eigenvalue weighted by Crippen LogP contribution is -2.33. The summed E-state index contributed by atoms with van der Waals surface area (Å²) in [6, 6.07) is 4.44. The van der Waals surface area contributed by atoms with E-state index in [2.05, 4.69) is 53.8 Å². The summed E-state index contributed by atoms with van der Waals surface area (Å²) in [5, 5.41) is 3.07. The number of amidine groups is 1. The number of H-pyrrole nitrogens is 1. The minimum absolute atomic E-state index is 0.273. The van der Waals surface area contributed by atoms with Gasteiger partial charge in [-0.25, -0.2) is 4.99 Å². The summed E-state index contributed by atoms with van der Waals surface area (Å²) in [5.41, 5.74) is 4.44.